The lowest BCUT2D eigenvalue weighted by atomic mass is 10.1. The maximum atomic E-state index is 13.0. The van der Waals surface area contributed by atoms with Gasteiger partial charge in [0.15, 0.2) is 10.9 Å². The van der Waals surface area contributed by atoms with Crippen LogP contribution in [0, 0.1) is 0 Å². The highest BCUT2D eigenvalue weighted by Gasteiger charge is 2.26. The molecule has 9 nitrogen and oxygen atoms in total. The molecule has 2 aromatic heterocycles. The Labute approximate surface area is 170 Å². The molecule has 1 aromatic carbocycles. The molecule has 0 aliphatic rings. The Bertz CT molecular complexity index is 1190. The van der Waals surface area contributed by atoms with E-state index >= 15 is 0 Å². The van der Waals surface area contributed by atoms with Gasteiger partial charge in [-0.25, -0.2) is 9.78 Å². The molecule has 1 atom stereocenters. The molecule has 0 aliphatic heterocycles. The molecule has 0 spiro atoms. The predicted octanol–water partition coefficient (Wildman–Crippen LogP) is 1.22. The zero-order valence-corrected chi connectivity index (χ0v) is 17.3. The number of benzene rings is 1. The molecule has 0 saturated heterocycles. The number of nitrogens with zero attached hydrogens (tertiary/aromatic N) is 4. The third-order valence-corrected chi connectivity index (χ3v) is 5.63. The van der Waals surface area contributed by atoms with Crippen LogP contribution in [0.2, 0.25) is 0 Å². The summed E-state index contributed by atoms with van der Waals surface area (Å²) in [6, 6.07) is 7.42. The van der Waals surface area contributed by atoms with Crippen LogP contribution in [0.1, 0.15) is 17.3 Å². The van der Waals surface area contributed by atoms with Crippen LogP contribution in [0.3, 0.4) is 0 Å². The molecule has 10 heteroatoms. The highest BCUT2D eigenvalue weighted by Crippen LogP contribution is 2.28. The van der Waals surface area contributed by atoms with Gasteiger partial charge in [-0.3, -0.25) is 23.3 Å². The van der Waals surface area contributed by atoms with E-state index in [0.29, 0.717) is 10.9 Å². The summed E-state index contributed by atoms with van der Waals surface area (Å²) in [7, 11) is 4.32. The van der Waals surface area contributed by atoms with Crippen molar-refractivity contribution in [3.63, 3.8) is 0 Å². The van der Waals surface area contributed by atoms with Crippen LogP contribution in [0.5, 0.6) is 5.75 Å². The summed E-state index contributed by atoms with van der Waals surface area (Å²) in [5.41, 5.74) is 5.23. The summed E-state index contributed by atoms with van der Waals surface area (Å²) in [6.45, 7) is 1.67. The largest absolute Gasteiger partial charge is 0.497 e. The van der Waals surface area contributed by atoms with Crippen LogP contribution < -0.4 is 21.7 Å². The van der Waals surface area contributed by atoms with E-state index < -0.39 is 22.3 Å². The normalized spacial score (nSPS) is 12.0. The van der Waals surface area contributed by atoms with E-state index in [-0.39, 0.29) is 11.4 Å². The maximum Gasteiger partial charge on any atom is 0.332 e. The van der Waals surface area contributed by atoms with Gasteiger partial charge in [0.2, 0.25) is 0 Å². The summed E-state index contributed by atoms with van der Waals surface area (Å²) < 4.78 is 9.03. The molecule has 152 valence electrons. The summed E-state index contributed by atoms with van der Waals surface area (Å²) in [4.78, 5) is 41.8. The number of nitrogen functional groups attached to an aromatic ring is 1. The highest BCUT2D eigenvalue weighted by atomic mass is 32.2. The fourth-order valence-corrected chi connectivity index (χ4v) is 3.78. The lowest BCUT2D eigenvalue weighted by Gasteiger charge is -2.15. The Morgan fingerprint density at radius 1 is 1.24 bits per heavy atom. The molecule has 0 fully saturated rings. The average molecular weight is 415 g/mol. The number of Topliss-reactive ketones (excluding diaryl/α,β-unsaturated/α-hetero) is 1. The number of ketones is 1. The molecular formula is C19H21N5O4S. The quantitative estimate of drug-likeness (QED) is 0.476. The lowest BCUT2D eigenvalue weighted by Crippen LogP contribution is -2.42. The molecule has 3 aromatic rings. The number of carbonyl (C=O) groups is 1. The Balaban J connectivity index is 1.94. The zero-order valence-electron chi connectivity index (χ0n) is 16.4. The van der Waals surface area contributed by atoms with E-state index in [1.54, 1.807) is 26.4 Å². The number of thioether (sulfide) groups is 1. The number of nitrogens with two attached hydrogens (primary N) is 1. The van der Waals surface area contributed by atoms with Crippen LogP contribution in [-0.4, -0.2) is 36.8 Å². The highest BCUT2D eigenvalue weighted by molar-refractivity contribution is 8.00. The van der Waals surface area contributed by atoms with Gasteiger partial charge in [-0.15, -0.1) is 0 Å². The molecule has 0 saturated carbocycles. The standard InChI is InChI=1S/C19H21N5O4S/c1-11(15(25)14-16(20)22(2)19(27)23(3)17(14)26)29-18-21-8-9-24(18)12-6-5-7-13(10-12)28-4/h5-11H,20H2,1-4H3. The van der Waals surface area contributed by atoms with Crippen molar-refractivity contribution in [2.24, 2.45) is 14.1 Å². The molecule has 0 radical (unpaired) electrons. The van der Waals surface area contributed by atoms with Crippen LogP contribution in [0.25, 0.3) is 5.69 Å². The van der Waals surface area contributed by atoms with Gasteiger partial charge in [-0.1, -0.05) is 17.8 Å². The van der Waals surface area contributed by atoms with Crippen molar-refractivity contribution in [1.29, 1.82) is 0 Å². The van der Waals surface area contributed by atoms with Crippen molar-refractivity contribution in [2.75, 3.05) is 12.8 Å². The first-order valence-corrected chi connectivity index (χ1v) is 9.58. The first-order valence-electron chi connectivity index (χ1n) is 8.70. The minimum absolute atomic E-state index is 0.147. The first kappa shape index (κ1) is 20.5. The van der Waals surface area contributed by atoms with Crippen molar-refractivity contribution < 1.29 is 9.53 Å². The number of imidazole rings is 1. The van der Waals surface area contributed by atoms with Crippen LogP contribution >= 0.6 is 11.8 Å². The minimum Gasteiger partial charge on any atom is -0.497 e. The van der Waals surface area contributed by atoms with E-state index in [1.165, 1.54) is 25.9 Å². The number of hydrogen-bond donors (Lipinski definition) is 1. The summed E-state index contributed by atoms with van der Waals surface area (Å²) in [6.07, 6.45) is 3.40. The van der Waals surface area contributed by atoms with Gasteiger partial charge in [0.1, 0.15) is 17.1 Å². The van der Waals surface area contributed by atoms with Crippen molar-refractivity contribution in [2.45, 2.75) is 17.3 Å². The molecule has 29 heavy (non-hydrogen) atoms. The molecule has 2 heterocycles. The van der Waals surface area contributed by atoms with E-state index in [2.05, 4.69) is 4.98 Å². The zero-order chi connectivity index (χ0) is 21.3. The number of anilines is 1. The Hall–Kier alpha value is -3.27. The molecular weight excluding hydrogens is 394 g/mol. The van der Waals surface area contributed by atoms with Crippen molar-refractivity contribution >= 4 is 23.4 Å². The molecule has 2 N–H and O–H groups in total. The van der Waals surface area contributed by atoms with Gasteiger partial charge < -0.3 is 10.5 Å². The Morgan fingerprint density at radius 2 is 1.97 bits per heavy atom. The van der Waals surface area contributed by atoms with Gasteiger partial charge in [0.25, 0.3) is 5.56 Å². The summed E-state index contributed by atoms with van der Waals surface area (Å²) in [5.74, 6) is 0.0772. The predicted molar refractivity (Wildman–Crippen MR) is 111 cm³/mol. The second kappa shape index (κ2) is 8.00. The number of rotatable bonds is 6. The van der Waals surface area contributed by atoms with Crippen LogP contribution in [-0.2, 0) is 14.1 Å². The van der Waals surface area contributed by atoms with Crippen LogP contribution in [0.15, 0.2) is 51.4 Å². The number of ether oxygens (including phenoxy) is 1. The van der Waals surface area contributed by atoms with E-state index in [0.717, 1.165) is 14.8 Å². The smallest absolute Gasteiger partial charge is 0.332 e. The number of methoxy groups -OCH3 is 1. The van der Waals surface area contributed by atoms with Crippen molar-refractivity contribution in [1.82, 2.24) is 18.7 Å². The second-order valence-corrected chi connectivity index (χ2v) is 7.68. The Kier molecular flexibility index (Phi) is 5.64. The third-order valence-electron chi connectivity index (χ3n) is 4.55. The third kappa shape index (κ3) is 3.70. The van der Waals surface area contributed by atoms with Gasteiger partial charge >= 0.3 is 5.69 Å². The van der Waals surface area contributed by atoms with E-state index in [1.807, 2.05) is 28.8 Å². The molecule has 0 aliphatic carbocycles. The maximum absolute atomic E-state index is 13.0. The second-order valence-electron chi connectivity index (χ2n) is 6.37. The SMILES string of the molecule is COc1cccc(-n2ccnc2SC(C)C(=O)c2c(N)n(C)c(=O)n(C)c2=O)c1. The van der Waals surface area contributed by atoms with Crippen LogP contribution in [0.4, 0.5) is 5.82 Å². The van der Waals surface area contributed by atoms with Gasteiger partial charge in [0.05, 0.1) is 18.0 Å². The monoisotopic (exact) mass is 415 g/mol. The van der Waals surface area contributed by atoms with Crippen molar-refractivity contribution in [3.05, 3.63) is 63.1 Å². The van der Waals surface area contributed by atoms with Gasteiger partial charge in [-0.05, 0) is 19.1 Å². The summed E-state index contributed by atoms with van der Waals surface area (Å²) in [5, 5.41) is -0.0893. The summed E-state index contributed by atoms with van der Waals surface area (Å²) >= 11 is 1.19. The van der Waals surface area contributed by atoms with Gasteiger partial charge in [0, 0.05) is 32.6 Å². The minimum atomic E-state index is -0.709. The Morgan fingerprint density at radius 3 is 2.66 bits per heavy atom. The fourth-order valence-electron chi connectivity index (χ4n) is 2.84. The topological polar surface area (TPSA) is 114 Å². The average Bonchev–Trinajstić information content (AvgIpc) is 3.18. The molecule has 0 bridgehead atoms. The van der Waals surface area contributed by atoms with Crippen molar-refractivity contribution in [3.8, 4) is 11.4 Å². The molecule has 0 amide bonds. The lowest BCUT2D eigenvalue weighted by molar-refractivity contribution is 0.0992. The molecule has 3 rings (SSSR count). The fraction of sp³-hybridized carbons (Fsp3) is 0.263. The van der Waals surface area contributed by atoms with E-state index in [4.69, 9.17) is 10.5 Å². The van der Waals surface area contributed by atoms with Gasteiger partial charge in [-0.2, -0.15) is 0 Å². The number of carbonyl (C=O) groups excluding carboxylic acids is 1. The molecule has 1 unspecified atom stereocenters. The first-order chi connectivity index (χ1) is 13.8. The van der Waals surface area contributed by atoms with E-state index in [9.17, 15) is 14.4 Å². The number of hydrogen-bond acceptors (Lipinski definition) is 7. The number of aromatic nitrogens is 4.